The van der Waals surface area contributed by atoms with Crippen LogP contribution in [0.5, 0.6) is 0 Å². The van der Waals surface area contributed by atoms with Gasteiger partial charge in [0, 0.05) is 13.6 Å². The molecule has 3 nitrogen and oxygen atoms in total. The molecule has 1 atom stereocenters. The highest BCUT2D eigenvalue weighted by atomic mass is 127. The monoisotopic (exact) mass is 481 g/mol. The van der Waals surface area contributed by atoms with Crippen LogP contribution in [-0.4, -0.2) is 19.6 Å². The van der Waals surface area contributed by atoms with Crippen molar-refractivity contribution in [3.8, 4) is 0 Å². The van der Waals surface area contributed by atoms with Crippen LogP contribution in [-0.2, 0) is 6.42 Å². The highest BCUT2D eigenvalue weighted by Gasteiger charge is 2.11. The summed E-state index contributed by atoms with van der Waals surface area (Å²) < 4.78 is 53.0. The van der Waals surface area contributed by atoms with Gasteiger partial charge >= 0.3 is 0 Å². The molecule has 0 aliphatic heterocycles. The molecule has 0 saturated heterocycles. The average Bonchev–Trinajstić information content (AvgIpc) is 2.59. The smallest absolute Gasteiger partial charge is 0.191 e. The van der Waals surface area contributed by atoms with Crippen molar-refractivity contribution in [3.05, 3.63) is 70.8 Å². The van der Waals surface area contributed by atoms with Gasteiger partial charge in [-0.2, -0.15) is 0 Å². The number of guanidine groups is 1. The zero-order valence-corrected chi connectivity index (χ0v) is 16.7. The molecule has 26 heavy (non-hydrogen) atoms. The van der Waals surface area contributed by atoms with Gasteiger partial charge in [0.1, 0.15) is 11.6 Å². The van der Waals surface area contributed by atoms with Crippen LogP contribution in [0, 0.1) is 23.3 Å². The van der Waals surface area contributed by atoms with Crippen molar-refractivity contribution < 1.29 is 17.6 Å². The van der Waals surface area contributed by atoms with Crippen molar-refractivity contribution in [1.29, 1.82) is 0 Å². The Balaban J connectivity index is 0.00000338. The second kappa shape index (κ2) is 10.3. The molecule has 8 heteroatoms. The molecular formula is C18H20F4IN3. The van der Waals surface area contributed by atoms with Crippen molar-refractivity contribution >= 4 is 29.9 Å². The Morgan fingerprint density at radius 2 is 1.69 bits per heavy atom. The maximum atomic E-state index is 13.6. The van der Waals surface area contributed by atoms with Gasteiger partial charge < -0.3 is 10.6 Å². The van der Waals surface area contributed by atoms with E-state index < -0.39 is 23.3 Å². The normalized spacial score (nSPS) is 12.3. The van der Waals surface area contributed by atoms with Crippen LogP contribution in [0.2, 0.25) is 0 Å². The molecule has 0 saturated carbocycles. The molecule has 0 fully saturated rings. The van der Waals surface area contributed by atoms with Gasteiger partial charge in [-0.1, -0.05) is 6.07 Å². The predicted molar refractivity (Wildman–Crippen MR) is 105 cm³/mol. The number of aliphatic imine (C=N–C) groups is 1. The summed E-state index contributed by atoms with van der Waals surface area (Å²) in [6.45, 7) is 2.09. The third-order valence-electron chi connectivity index (χ3n) is 3.72. The first-order valence-electron chi connectivity index (χ1n) is 7.76. The van der Waals surface area contributed by atoms with Crippen LogP contribution >= 0.6 is 24.0 Å². The van der Waals surface area contributed by atoms with Crippen molar-refractivity contribution in [2.45, 2.75) is 19.4 Å². The highest BCUT2D eigenvalue weighted by Crippen LogP contribution is 2.16. The lowest BCUT2D eigenvalue weighted by molar-refractivity contribution is 0.504. The van der Waals surface area contributed by atoms with Crippen molar-refractivity contribution in [1.82, 2.24) is 10.6 Å². The molecule has 0 aliphatic rings. The molecule has 142 valence electrons. The molecule has 1 unspecified atom stereocenters. The van der Waals surface area contributed by atoms with Gasteiger partial charge in [-0.3, -0.25) is 4.99 Å². The van der Waals surface area contributed by atoms with Gasteiger partial charge in [-0.15, -0.1) is 24.0 Å². The first-order valence-corrected chi connectivity index (χ1v) is 7.76. The van der Waals surface area contributed by atoms with E-state index in [0.717, 1.165) is 30.3 Å². The summed E-state index contributed by atoms with van der Waals surface area (Å²) in [4.78, 5) is 4.02. The Bertz CT molecular complexity index is 768. The van der Waals surface area contributed by atoms with Crippen LogP contribution in [0.15, 0.2) is 41.4 Å². The molecule has 0 radical (unpaired) electrons. The topological polar surface area (TPSA) is 36.4 Å². The average molecular weight is 481 g/mol. The molecule has 0 bridgehead atoms. The van der Waals surface area contributed by atoms with Gasteiger partial charge in [-0.25, -0.2) is 17.6 Å². The molecule has 0 spiro atoms. The fourth-order valence-corrected chi connectivity index (χ4v) is 2.32. The third kappa shape index (κ3) is 6.15. The molecule has 0 heterocycles. The van der Waals surface area contributed by atoms with Gasteiger partial charge in [0.05, 0.1) is 6.04 Å². The summed E-state index contributed by atoms with van der Waals surface area (Å²) in [6, 6.07) is 6.63. The van der Waals surface area contributed by atoms with E-state index in [2.05, 4.69) is 15.6 Å². The molecule has 0 aliphatic carbocycles. The van der Waals surface area contributed by atoms with E-state index in [9.17, 15) is 17.6 Å². The molecule has 2 aromatic carbocycles. The summed E-state index contributed by atoms with van der Waals surface area (Å²) in [5.74, 6) is -2.38. The van der Waals surface area contributed by atoms with Gasteiger partial charge in [0.15, 0.2) is 17.6 Å². The van der Waals surface area contributed by atoms with Crippen LogP contribution in [0.4, 0.5) is 17.6 Å². The van der Waals surface area contributed by atoms with Crippen LogP contribution in [0.1, 0.15) is 24.1 Å². The van der Waals surface area contributed by atoms with E-state index in [-0.39, 0.29) is 42.0 Å². The Morgan fingerprint density at radius 1 is 1.00 bits per heavy atom. The number of benzene rings is 2. The zero-order chi connectivity index (χ0) is 18.4. The Hall–Kier alpha value is -1.84. The van der Waals surface area contributed by atoms with Crippen molar-refractivity contribution in [3.63, 3.8) is 0 Å². The number of hydrogen-bond acceptors (Lipinski definition) is 1. The molecular weight excluding hydrogens is 461 g/mol. The lowest BCUT2D eigenvalue weighted by atomic mass is 10.1. The fourth-order valence-electron chi connectivity index (χ4n) is 2.32. The Morgan fingerprint density at radius 3 is 2.35 bits per heavy atom. The van der Waals surface area contributed by atoms with Crippen LogP contribution < -0.4 is 10.6 Å². The summed E-state index contributed by atoms with van der Waals surface area (Å²) in [5, 5.41) is 6.00. The molecule has 0 amide bonds. The maximum absolute atomic E-state index is 13.6. The van der Waals surface area contributed by atoms with E-state index in [1.165, 1.54) is 6.07 Å². The minimum absolute atomic E-state index is 0. The summed E-state index contributed by atoms with van der Waals surface area (Å²) in [5.41, 5.74) is 0.814. The van der Waals surface area contributed by atoms with Crippen LogP contribution in [0.25, 0.3) is 0 Å². The van der Waals surface area contributed by atoms with E-state index in [4.69, 9.17) is 0 Å². The number of hydrogen-bond donors (Lipinski definition) is 2. The van der Waals surface area contributed by atoms with Crippen molar-refractivity contribution in [2.24, 2.45) is 4.99 Å². The maximum Gasteiger partial charge on any atom is 0.191 e. The molecule has 0 aromatic heterocycles. The Labute approximate surface area is 166 Å². The molecule has 2 aromatic rings. The van der Waals surface area contributed by atoms with Gasteiger partial charge in [0.2, 0.25) is 0 Å². The van der Waals surface area contributed by atoms with Gasteiger partial charge in [-0.05, 0) is 54.8 Å². The second-order valence-electron chi connectivity index (χ2n) is 5.52. The second-order valence-corrected chi connectivity index (χ2v) is 5.52. The minimum atomic E-state index is -0.921. The fraction of sp³-hybridized carbons (Fsp3) is 0.278. The van der Waals surface area contributed by atoms with E-state index in [1.54, 1.807) is 14.0 Å². The molecule has 2 rings (SSSR count). The summed E-state index contributed by atoms with van der Waals surface area (Å²) >= 11 is 0. The standard InChI is InChI=1S/C18H19F4N3.HI/c1-11(12-3-5-16(21)17(22)10-12)25-18(23-2)24-8-7-13-9-14(19)4-6-15(13)20;/h3-6,9-11H,7-8H2,1-2H3,(H2,23,24,25);1H. The van der Waals surface area contributed by atoms with E-state index in [1.807, 2.05) is 0 Å². The highest BCUT2D eigenvalue weighted by molar-refractivity contribution is 14.0. The lowest BCUT2D eigenvalue weighted by Crippen LogP contribution is -2.39. The number of nitrogens with zero attached hydrogens (tertiary/aromatic N) is 1. The first kappa shape index (κ1) is 22.2. The molecule has 2 N–H and O–H groups in total. The van der Waals surface area contributed by atoms with E-state index >= 15 is 0 Å². The summed E-state index contributed by atoms with van der Waals surface area (Å²) in [6.07, 6.45) is 0.268. The zero-order valence-electron chi connectivity index (χ0n) is 14.3. The summed E-state index contributed by atoms with van der Waals surface area (Å²) in [7, 11) is 1.55. The Kier molecular flexibility index (Phi) is 8.83. The quantitative estimate of drug-likeness (QED) is 0.289. The predicted octanol–water partition coefficient (Wildman–Crippen LogP) is 4.33. The van der Waals surface area contributed by atoms with Crippen molar-refractivity contribution in [2.75, 3.05) is 13.6 Å². The van der Waals surface area contributed by atoms with Crippen LogP contribution in [0.3, 0.4) is 0 Å². The number of halogens is 5. The number of nitrogens with one attached hydrogen (secondary N) is 2. The van der Waals surface area contributed by atoms with Gasteiger partial charge in [0.25, 0.3) is 0 Å². The lowest BCUT2D eigenvalue weighted by Gasteiger charge is -2.18. The first-order chi connectivity index (χ1) is 11.9. The minimum Gasteiger partial charge on any atom is -0.356 e. The SMILES string of the molecule is CN=C(NCCc1cc(F)ccc1F)NC(C)c1ccc(F)c(F)c1.I. The third-order valence-corrected chi connectivity index (χ3v) is 3.72. The van der Waals surface area contributed by atoms with E-state index in [0.29, 0.717) is 18.1 Å². The number of rotatable bonds is 5. The largest absolute Gasteiger partial charge is 0.356 e.